The van der Waals surface area contributed by atoms with E-state index in [9.17, 15) is 4.79 Å². The fourth-order valence-corrected chi connectivity index (χ4v) is 4.87. The van der Waals surface area contributed by atoms with Crippen LogP contribution in [0.25, 0.3) is 10.2 Å². The Morgan fingerprint density at radius 3 is 3.20 bits per heavy atom. The molecule has 0 bridgehead atoms. The highest BCUT2D eigenvalue weighted by molar-refractivity contribution is 8.00. The first-order chi connectivity index (χ1) is 9.69. The molecule has 0 saturated heterocycles. The summed E-state index contributed by atoms with van der Waals surface area (Å²) in [5, 5.41) is 4.78. The number of aromatic nitrogens is 2. The third kappa shape index (κ3) is 2.54. The van der Waals surface area contributed by atoms with Crippen LogP contribution in [0.1, 0.15) is 23.8 Å². The highest BCUT2D eigenvalue weighted by Crippen LogP contribution is 2.40. The van der Waals surface area contributed by atoms with Crippen LogP contribution < -0.4 is 5.32 Å². The van der Waals surface area contributed by atoms with Crippen LogP contribution in [0, 0.1) is 5.92 Å². The maximum Gasteiger partial charge on any atom is 0.230 e. The summed E-state index contributed by atoms with van der Waals surface area (Å²) in [5.74, 6) is 1.19. The molecule has 2 aromatic rings. The van der Waals surface area contributed by atoms with Crippen LogP contribution in [0.2, 0.25) is 0 Å². The number of nitrogens with zero attached hydrogens (tertiary/aromatic N) is 2. The summed E-state index contributed by atoms with van der Waals surface area (Å²) in [6, 6.07) is 0. The summed E-state index contributed by atoms with van der Waals surface area (Å²) >= 11 is 3.30. The van der Waals surface area contributed by atoms with Crippen LogP contribution in [0.3, 0.4) is 0 Å². The second-order valence-corrected chi connectivity index (χ2v) is 7.22. The van der Waals surface area contributed by atoms with Gasteiger partial charge in [-0.3, -0.25) is 4.79 Å². The molecule has 1 aliphatic carbocycles. The smallest absolute Gasteiger partial charge is 0.230 e. The minimum absolute atomic E-state index is 0.0273. The fourth-order valence-electron chi connectivity index (χ4n) is 2.56. The molecule has 0 aliphatic heterocycles. The van der Waals surface area contributed by atoms with Crippen molar-refractivity contribution in [2.24, 2.45) is 5.92 Å². The second-order valence-electron chi connectivity index (χ2n) is 5.17. The molecule has 20 heavy (non-hydrogen) atoms. The Balaban J connectivity index is 1.98. The number of hydrogen-bond acceptors (Lipinski definition) is 5. The Kier molecular flexibility index (Phi) is 3.94. The molecule has 4 nitrogen and oxygen atoms in total. The van der Waals surface area contributed by atoms with Gasteiger partial charge in [0.15, 0.2) is 0 Å². The van der Waals surface area contributed by atoms with Crippen molar-refractivity contribution in [1.29, 1.82) is 0 Å². The summed E-state index contributed by atoms with van der Waals surface area (Å²) < 4.78 is 0. The SMILES string of the molecule is CNC(=O)CSc1ncnc2sc3c(c12)CCC(C)C3. The van der Waals surface area contributed by atoms with Crippen molar-refractivity contribution < 1.29 is 4.79 Å². The Morgan fingerprint density at radius 2 is 2.40 bits per heavy atom. The molecule has 2 heterocycles. The molecular formula is C14H17N3OS2. The molecule has 1 aliphatic rings. The number of fused-ring (bicyclic) bond motifs is 3. The molecule has 1 unspecified atom stereocenters. The summed E-state index contributed by atoms with van der Waals surface area (Å²) in [6.07, 6.45) is 5.10. The van der Waals surface area contributed by atoms with Gasteiger partial charge in [-0.15, -0.1) is 11.3 Å². The number of hydrogen-bond donors (Lipinski definition) is 1. The average molecular weight is 307 g/mol. The monoisotopic (exact) mass is 307 g/mol. The Bertz CT molecular complexity index is 653. The quantitative estimate of drug-likeness (QED) is 0.699. The second kappa shape index (κ2) is 5.69. The minimum atomic E-state index is 0.0273. The highest BCUT2D eigenvalue weighted by Gasteiger charge is 2.23. The number of thioether (sulfide) groups is 1. The van der Waals surface area contributed by atoms with Crippen molar-refractivity contribution in [2.45, 2.75) is 31.2 Å². The van der Waals surface area contributed by atoms with E-state index in [1.54, 1.807) is 24.7 Å². The largest absolute Gasteiger partial charge is 0.358 e. The zero-order chi connectivity index (χ0) is 14.1. The standard InChI is InChI=1S/C14H17N3OS2/c1-8-3-4-9-10(5-8)20-14-12(9)13(16-7-17-14)19-6-11(18)15-2/h7-8H,3-6H2,1-2H3,(H,15,18). The van der Waals surface area contributed by atoms with E-state index in [-0.39, 0.29) is 5.91 Å². The van der Waals surface area contributed by atoms with E-state index in [1.807, 2.05) is 0 Å². The minimum Gasteiger partial charge on any atom is -0.358 e. The summed E-state index contributed by atoms with van der Waals surface area (Å²) in [6.45, 7) is 2.31. The lowest BCUT2D eigenvalue weighted by atomic mass is 9.89. The van der Waals surface area contributed by atoms with E-state index in [1.165, 1.54) is 34.0 Å². The van der Waals surface area contributed by atoms with Crippen molar-refractivity contribution in [3.8, 4) is 0 Å². The molecule has 0 saturated carbocycles. The maximum atomic E-state index is 11.4. The van der Waals surface area contributed by atoms with Crippen molar-refractivity contribution >= 4 is 39.2 Å². The van der Waals surface area contributed by atoms with Crippen molar-refractivity contribution in [3.05, 3.63) is 16.8 Å². The van der Waals surface area contributed by atoms with E-state index in [0.29, 0.717) is 5.75 Å². The third-order valence-corrected chi connectivity index (χ3v) is 5.83. The van der Waals surface area contributed by atoms with Crippen LogP contribution in [-0.2, 0) is 17.6 Å². The van der Waals surface area contributed by atoms with Gasteiger partial charge in [-0.25, -0.2) is 9.97 Å². The molecule has 106 valence electrons. The molecule has 3 rings (SSSR count). The molecule has 2 aromatic heterocycles. The Morgan fingerprint density at radius 1 is 1.55 bits per heavy atom. The van der Waals surface area contributed by atoms with Crippen LogP contribution in [0.5, 0.6) is 0 Å². The van der Waals surface area contributed by atoms with E-state index in [4.69, 9.17) is 0 Å². The van der Waals surface area contributed by atoms with Gasteiger partial charge in [-0.1, -0.05) is 18.7 Å². The van der Waals surface area contributed by atoms with Gasteiger partial charge in [0.2, 0.25) is 5.91 Å². The zero-order valence-corrected chi connectivity index (χ0v) is 13.2. The lowest BCUT2D eigenvalue weighted by molar-refractivity contribution is -0.118. The van der Waals surface area contributed by atoms with E-state index >= 15 is 0 Å². The molecule has 0 radical (unpaired) electrons. The first kappa shape index (κ1) is 13.8. The number of amides is 1. The van der Waals surface area contributed by atoms with E-state index in [0.717, 1.165) is 28.6 Å². The summed E-state index contributed by atoms with van der Waals surface area (Å²) in [4.78, 5) is 22.7. The van der Waals surface area contributed by atoms with Gasteiger partial charge >= 0.3 is 0 Å². The molecule has 0 fully saturated rings. The number of rotatable bonds is 3. The summed E-state index contributed by atoms with van der Waals surface area (Å²) in [7, 11) is 1.66. The first-order valence-electron chi connectivity index (χ1n) is 6.77. The van der Waals surface area contributed by atoms with Crippen LogP contribution in [-0.4, -0.2) is 28.7 Å². The van der Waals surface area contributed by atoms with Crippen molar-refractivity contribution in [3.63, 3.8) is 0 Å². The number of aryl methyl sites for hydroxylation is 1. The number of thiophene rings is 1. The lowest BCUT2D eigenvalue weighted by Crippen LogP contribution is -2.19. The van der Waals surface area contributed by atoms with Gasteiger partial charge in [0.05, 0.1) is 5.75 Å². The van der Waals surface area contributed by atoms with Gasteiger partial charge in [0.25, 0.3) is 0 Å². The third-order valence-electron chi connectivity index (χ3n) is 3.68. The van der Waals surface area contributed by atoms with Gasteiger partial charge in [-0.05, 0) is 30.7 Å². The van der Waals surface area contributed by atoms with E-state index in [2.05, 4.69) is 22.2 Å². The molecule has 6 heteroatoms. The Labute approximate surface area is 126 Å². The summed E-state index contributed by atoms with van der Waals surface area (Å²) in [5.41, 5.74) is 1.42. The Hall–Kier alpha value is -1.14. The lowest BCUT2D eigenvalue weighted by Gasteiger charge is -2.18. The maximum absolute atomic E-state index is 11.4. The molecule has 1 N–H and O–H groups in total. The zero-order valence-electron chi connectivity index (χ0n) is 11.6. The van der Waals surface area contributed by atoms with Gasteiger partial charge in [-0.2, -0.15) is 0 Å². The molecular weight excluding hydrogens is 290 g/mol. The van der Waals surface area contributed by atoms with Gasteiger partial charge in [0.1, 0.15) is 16.2 Å². The number of carbonyl (C=O) groups excluding carboxylic acids is 1. The van der Waals surface area contributed by atoms with Gasteiger partial charge < -0.3 is 5.32 Å². The number of carbonyl (C=O) groups is 1. The van der Waals surface area contributed by atoms with Crippen molar-refractivity contribution in [2.75, 3.05) is 12.8 Å². The van der Waals surface area contributed by atoms with Crippen molar-refractivity contribution in [1.82, 2.24) is 15.3 Å². The topological polar surface area (TPSA) is 54.9 Å². The number of nitrogens with one attached hydrogen (secondary N) is 1. The normalized spacial score (nSPS) is 18.0. The molecule has 0 aromatic carbocycles. The predicted molar refractivity (Wildman–Crippen MR) is 83.4 cm³/mol. The molecule has 0 spiro atoms. The van der Waals surface area contributed by atoms with Crippen LogP contribution in [0.4, 0.5) is 0 Å². The van der Waals surface area contributed by atoms with E-state index < -0.39 is 0 Å². The first-order valence-corrected chi connectivity index (χ1v) is 8.58. The predicted octanol–water partition coefficient (Wildman–Crippen LogP) is 2.65. The molecule has 1 atom stereocenters. The van der Waals surface area contributed by atoms with Crippen LogP contribution in [0.15, 0.2) is 11.4 Å². The van der Waals surface area contributed by atoms with Gasteiger partial charge in [0, 0.05) is 17.3 Å². The van der Waals surface area contributed by atoms with Crippen LogP contribution >= 0.6 is 23.1 Å². The average Bonchev–Trinajstić information content (AvgIpc) is 2.82. The fraction of sp³-hybridized carbons (Fsp3) is 0.500. The molecule has 1 amide bonds. The highest BCUT2D eigenvalue weighted by atomic mass is 32.2.